The van der Waals surface area contributed by atoms with Gasteiger partial charge in [0.2, 0.25) is 6.79 Å². The van der Waals surface area contributed by atoms with Crippen molar-refractivity contribution >= 4 is 53.5 Å². The van der Waals surface area contributed by atoms with Crippen LogP contribution in [0.15, 0.2) is 68.7 Å². The first-order valence-corrected chi connectivity index (χ1v) is 20.3. The lowest BCUT2D eigenvalue weighted by Gasteiger charge is -2.24. The van der Waals surface area contributed by atoms with Crippen molar-refractivity contribution in [2.45, 2.75) is 72.6 Å². The van der Waals surface area contributed by atoms with Gasteiger partial charge in [0, 0.05) is 40.0 Å². The Morgan fingerprint density at radius 3 is 2.25 bits per heavy atom. The predicted molar refractivity (Wildman–Crippen MR) is 232 cm³/mol. The first-order chi connectivity index (χ1) is 30.8. The Kier molecular flexibility index (Phi) is 15.6. The highest BCUT2D eigenvalue weighted by molar-refractivity contribution is 6.11. The molecule has 1 aliphatic carbocycles. The molecule has 1 aliphatic rings. The van der Waals surface area contributed by atoms with Crippen LogP contribution >= 0.6 is 0 Å². The van der Waals surface area contributed by atoms with E-state index in [0.29, 0.717) is 18.0 Å². The van der Waals surface area contributed by atoms with Gasteiger partial charge in [-0.15, -0.1) is 0 Å². The molecule has 5 N–H and O–H groups in total. The molecule has 0 spiro atoms. The number of nitrogens with zero attached hydrogens (tertiary/aromatic N) is 1. The summed E-state index contributed by atoms with van der Waals surface area (Å²) in [5.74, 6) is -4.24. The minimum absolute atomic E-state index is 0.00632. The van der Waals surface area contributed by atoms with E-state index in [4.69, 9.17) is 37.9 Å². The minimum Gasteiger partial charge on any atom is -0.496 e. The van der Waals surface area contributed by atoms with Gasteiger partial charge in [-0.3, -0.25) is 20.3 Å². The van der Waals surface area contributed by atoms with Crippen molar-refractivity contribution in [3.05, 3.63) is 105 Å². The highest BCUT2D eigenvalue weighted by Gasteiger charge is 2.30. The Bertz CT molecular complexity index is 2530. The molecule has 1 atom stereocenters. The monoisotopic (exact) mass is 898 g/mol. The molecule has 4 aromatic rings. The largest absolute Gasteiger partial charge is 0.519 e. The van der Waals surface area contributed by atoms with Crippen LogP contribution in [0.25, 0.3) is 17.2 Å². The molecule has 1 unspecified atom stereocenters. The van der Waals surface area contributed by atoms with E-state index in [9.17, 15) is 33.6 Å². The predicted octanol–water partition coefficient (Wildman–Crippen LogP) is 6.11. The van der Waals surface area contributed by atoms with Crippen molar-refractivity contribution in [3.8, 4) is 16.9 Å². The van der Waals surface area contributed by atoms with Gasteiger partial charge < -0.3 is 48.5 Å². The molecular formula is C45H50N6O14. The van der Waals surface area contributed by atoms with E-state index in [2.05, 4.69) is 32.8 Å². The number of carbonyl (C=O) groups is 6. The van der Waals surface area contributed by atoms with Crippen LogP contribution in [0.1, 0.15) is 101 Å². The summed E-state index contributed by atoms with van der Waals surface area (Å²) in [4.78, 5) is 94.7. The molecule has 2 aromatic heterocycles. The molecule has 1 fully saturated rings. The van der Waals surface area contributed by atoms with E-state index in [1.54, 1.807) is 34.6 Å². The molecule has 0 radical (unpaired) electrons. The van der Waals surface area contributed by atoms with Crippen molar-refractivity contribution in [1.82, 2.24) is 20.9 Å². The van der Waals surface area contributed by atoms with Crippen molar-refractivity contribution in [3.63, 3.8) is 0 Å². The topological polar surface area (TPSA) is 277 Å². The highest BCUT2D eigenvalue weighted by Crippen LogP contribution is 2.35. The van der Waals surface area contributed by atoms with Crippen LogP contribution in [0.5, 0.6) is 5.75 Å². The smallest absolute Gasteiger partial charge is 0.496 e. The highest BCUT2D eigenvalue weighted by atomic mass is 16.7. The maximum atomic E-state index is 14.2. The van der Waals surface area contributed by atoms with E-state index in [0.717, 1.165) is 12.8 Å². The third-order valence-electron chi connectivity index (χ3n) is 9.51. The first-order valence-electron chi connectivity index (χ1n) is 20.3. The fourth-order valence-corrected chi connectivity index (χ4v) is 5.95. The Balaban J connectivity index is 1.38. The van der Waals surface area contributed by atoms with Gasteiger partial charge >= 0.3 is 29.9 Å². The number of hydrogen-bond donors (Lipinski definition) is 5. The molecule has 0 aliphatic heterocycles. The number of pyridine rings is 1. The van der Waals surface area contributed by atoms with E-state index in [-0.39, 0.29) is 56.7 Å². The number of rotatable bonds is 17. The lowest BCUT2D eigenvalue weighted by Crippen LogP contribution is -2.47. The molecule has 0 bridgehead atoms. The molecular weight excluding hydrogens is 849 g/mol. The molecule has 0 saturated heterocycles. The Labute approximate surface area is 372 Å². The molecule has 2 aromatic carbocycles. The number of aryl methyl sites for hydroxylation is 1. The molecule has 5 rings (SSSR count). The number of hydrogen-bond acceptors (Lipinski definition) is 16. The average molecular weight is 899 g/mol. The number of amides is 4. The zero-order chi connectivity index (χ0) is 47.6. The molecule has 20 heteroatoms. The van der Waals surface area contributed by atoms with E-state index in [1.165, 1.54) is 68.6 Å². The second-order valence-corrected chi connectivity index (χ2v) is 16.0. The van der Waals surface area contributed by atoms with E-state index < -0.39 is 78.4 Å². The van der Waals surface area contributed by atoms with E-state index >= 15 is 0 Å². The molecule has 344 valence electrons. The fourth-order valence-electron chi connectivity index (χ4n) is 5.95. The van der Waals surface area contributed by atoms with Crippen molar-refractivity contribution in [2.75, 3.05) is 25.8 Å². The van der Waals surface area contributed by atoms with Gasteiger partial charge in [-0.2, -0.15) is 0 Å². The molecule has 2 heterocycles. The quantitative estimate of drug-likeness (QED) is 0.0263. The van der Waals surface area contributed by atoms with Crippen LogP contribution in [0.4, 0.5) is 15.3 Å². The van der Waals surface area contributed by atoms with Gasteiger partial charge in [-0.05, 0) is 101 Å². The average Bonchev–Trinajstić information content (AvgIpc) is 4.03. The van der Waals surface area contributed by atoms with Crippen LogP contribution in [0, 0.1) is 24.2 Å². The molecule has 20 nitrogen and oxygen atoms in total. The van der Waals surface area contributed by atoms with Gasteiger partial charge in [0.25, 0.3) is 11.8 Å². The lowest BCUT2D eigenvalue weighted by atomic mass is 9.94. The zero-order valence-electron chi connectivity index (χ0n) is 36.8. The van der Waals surface area contributed by atoms with Gasteiger partial charge in [0.05, 0.1) is 7.11 Å². The van der Waals surface area contributed by atoms with Gasteiger partial charge in [0.15, 0.2) is 23.8 Å². The van der Waals surface area contributed by atoms with Crippen molar-refractivity contribution in [2.24, 2.45) is 11.8 Å². The number of ether oxygens (including phenoxy) is 5. The number of alkyl carbamates (subject to hydrolysis) is 2. The number of amidine groups is 1. The lowest BCUT2D eigenvalue weighted by molar-refractivity contribution is -0.156. The maximum absolute atomic E-state index is 14.2. The van der Waals surface area contributed by atoms with Crippen LogP contribution in [0.2, 0.25) is 0 Å². The summed E-state index contributed by atoms with van der Waals surface area (Å²) in [6, 6.07) is 10.5. The summed E-state index contributed by atoms with van der Waals surface area (Å²) < 4.78 is 36.0. The van der Waals surface area contributed by atoms with Gasteiger partial charge in [-0.25, -0.2) is 29.0 Å². The maximum Gasteiger partial charge on any atom is 0.519 e. The second-order valence-electron chi connectivity index (χ2n) is 16.0. The third-order valence-corrected chi connectivity index (χ3v) is 9.51. The number of anilines is 1. The van der Waals surface area contributed by atoms with E-state index in [1.807, 2.05) is 0 Å². The van der Waals surface area contributed by atoms with Crippen LogP contribution in [-0.4, -0.2) is 78.8 Å². The summed E-state index contributed by atoms with van der Waals surface area (Å²) in [6.07, 6.45) is 1.55. The SMILES string of the molecule is C=Cc1cc(C(=O)Nc2ccc(C(=N)NC(=O)OCc3oc(=O)oc3C)cc2)c(-c2ccc(C(=O)NCC3CC3)nc2C(=O)OCOC(=O)C(NC(=O)OC(C)(C)C)C(C)C)cc1OC. The normalized spacial score (nSPS) is 12.6. The first kappa shape index (κ1) is 48.3. The second kappa shape index (κ2) is 21.1. The standard InChI is InChI=1S/C45H50N6O14/c1-9-26-18-31(38(52)48-28-14-12-27(13-15-28)37(46)51-42(56)60-21-34-24(4)63-44(58)64-34)30(19-33(26)59-8)29-16-17-32(39(53)47-20-25-10-11-25)49-36(29)41(55)62-22-61-40(54)35(23(2)3)50-43(57)65-45(5,6)7/h9,12-19,23,25,35H,1,10-11,20-22H2,2-8H3,(H,47,53)(H,48,52)(H,50,57)(H2,46,51,56). The summed E-state index contributed by atoms with van der Waals surface area (Å²) in [7, 11) is 1.40. The number of nitrogens with one attached hydrogen (secondary N) is 5. The summed E-state index contributed by atoms with van der Waals surface area (Å²) >= 11 is 0. The Hall–Kier alpha value is -7.77. The van der Waals surface area contributed by atoms with Crippen LogP contribution < -0.4 is 31.8 Å². The van der Waals surface area contributed by atoms with Gasteiger partial charge in [0.1, 0.15) is 28.9 Å². The Morgan fingerprint density at radius 1 is 0.938 bits per heavy atom. The van der Waals surface area contributed by atoms with Crippen LogP contribution in [0.3, 0.4) is 0 Å². The number of carbonyl (C=O) groups excluding carboxylic acids is 6. The molecule has 65 heavy (non-hydrogen) atoms. The summed E-state index contributed by atoms with van der Waals surface area (Å²) in [6.45, 7) is 12.7. The number of esters is 2. The summed E-state index contributed by atoms with van der Waals surface area (Å²) in [5, 5.41) is 18.6. The van der Waals surface area contributed by atoms with Crippen molar-refractivity contribution < 1.29 is 61.3 Å². The minimum atomic E-state index is -1.16. The summed E-state index contributed by atoms with van der Waals surface area (Å²) in [5.41, 5.74) is -0.285. The van der Waals surface area contributed by atoms with Crippen LogP contribution in [-0.2, 0) is 30.3 Å². The number of aromatic nitrogens is 1. The van der Waals surface area contributed by atoms with Gasteiger partial charge in [-0.1, -0.05) is 26.5 Å². The number of methoxy groups -OCH3 is 1. The van der Waals surface area contributed by atoms with Crippen molar-refractivity contribution in [1.29, 1.82) is 5.41 Å². The molecule has 1 saturated carbocycles. The molecule has 4 amide bonds. The zero-order valence-corrected chi connectivity index (χ0v) is 36.8. The third kappa shape index (κ3) is 13.4. The fraction of sp³-hybridized carbons (Fsp3) is 0.356. The Morgan fingerprint density at radius 2 is 1.65 bits per heavy atom. The number of benzene rings is 2.